The van der Waals surface area contributed by atoms with E-state index in [1.165, 1.54) is 11.5 Å². The van der Waals surface area contributed by atoms with Gasteiger partial charge in [0.25, 0.3) is 0 Å². The summed E-state index contributed by atoms with van der Waals surface area (Å²) in [6.45, 7) is 1.96. The molecule has 0 aliphatic carbocycles. The Morgan fingerprint density at radius 3 is 2.54 bits per heavy atom. The fourth-order valence-electron chi connectivity index (χ4n) is 4.59. The van der Waals surface area contributed by atoms with Crippen LogP contribution in [0.5, 0.6) is 17.2 Å². The van der Waals surface area contributed by atoms with Crippen molar-refractivity contribution in [1.82, 2.24) is 4.37 Å². The standard InChI is InChI=1S/C30H29N3O5S/c1-17-11-20(14-27(36-3)29(17)37-4)28-22(16-39-33-28)18-9-10-26(35-2)24(13-18)32-30(34)23(31)15-21-12-19-7-5-6-8-25(19)38-21/h5-14,16,23H,15,31H2,1-4H3,(H,32,34)/t23-/m0/s1. The molecule has 8 nitrogen and oxygen atoms in total. The number of nitrogens with zero attached hydrogens (tertiary/aromatic N) is 1. The van der Waals surface area contributed by atoms with Gasteiger partial charge in [-0.1, -0.05) is 24.3 Å². The molecule has 0 radical (unpaired) electrons. The van der Waals surface area contributed by atoms with Gasteiger partial charge in [0.1, 0.15) is 17.1 Å². The number of para-hydroxylation sites is 1. The summed E-state index contributed by atoms with van der Waals surface area (Å²) in [6.07, 6.45) is 0.264. The quantitative estimate of drug-likeness (QED) is 0.232. The van der Waals surface area contributed by atoms with E-state index in [1.807, 2.05) is 73.0 Å². The molecule has 3 N–H and O–H groups in total. The van der Waals surface area contributed by atoms with E-state index in [-0.39, 0.29) is 12.3 Å². The minimum absolute atomic E-state index is 0.264. The van der Waals surface area contributed by atoms with Crippen molar-refractivity contribution in [3.05, 3.63) is 77.4 Å². The van der Waals surface area contributed by atoms with Gasteiger partial charge < -0.3 is 29.7 Å². The number of hydrogen-bond donors (Lipinski definition) is 2. The van der Waals surface area contributed by atoms with Gasteiger partial charge in [-0.05, 0) is 66.0 Å². The number of aryl methyl sites for hydroxylation is 1. The molecule has 2 heterocycles. The first-order valence-electron chi connectivity index (χ1n) is 12.3. The summed E-state index contributed by atoms with van der Waals surface area (Å²) in [6, 6.07) is 18.3. The van der Waals surface area contributed by atoms with Crippen LogP contribution < -0.4 is 25.3 Å². The van der Waals surface area contributed by atoms with Gasteiger partial charge in [-0.25, -0.2) is 0 Å². The lowest BCUT2D eigenvalue weighted by Gasteiger charge is -2.16. The number of ether oxygens (including phenoxy) is 3. The van der Waals surface area contributed by atoms with Gasteiger partial charge >= 0.3 is 0 Å². The molecule has 9 heteroatoms. The lowest BCUT2D eigenvalue weighted by molar-refractivity contribution is -0.117. The number of carbonyl (C=O) groups excluding carboxylic acids is 1. The van der Waals surface area contributed by atoms with Crippen LogP contribution in [0.2, 0.25) is 0 Å². The summed E-state index contributed by atoms with van der Waals surface area (Å²) >= 11 is 1.35. The molecule has 39 heavy (non-hydrogen) atoms. The summed E-state index contributed by atoms with van der Waals surface area (Å²) in [5.74, 6) is 2.15. The van der Waals surface area contributed by atoms with Crippen LogP contribution in [0.15, 0.2) is 70.5 Å². The monoisotopic (exact) mass is 543 g/mol. The van der Waals surface area contributed by atoms with Crippen molar-refractivity contribution in [2.45, 2.75) is 19.4 Å². The van der Waals surface area contributed by atoms with E-state index in [4.69, 9.17) is 24.4 Å². The van der Waals surface area contributed by atoms with Crippen LogP contribution in [0.4, 0.5) is 5.69 Å². The lowest BCUT2D eigenvalue weighted by atomic mass is 9.99. The number of nitrogens with one attached hydrogen (secondary N) is 1. The first-order chi connectivity index (χ1) is 18.9. The van der Waals surface area contributed by atoms with E-state index in [0.29, 0.717) is 28.7 Å². The van der Waals surface area contributed by atoms with E-state index < -0.39 is 6.04 Å². The molecule has 5 aromatic rings. The SMILES string of the molecule is COc1ccc(-c2csnc2-c2cc(C)c(OC)c(OC)c2)cc1NC(=O)[C@@H](N)Cc1cc2ccccc2o1. The Labute approximate surface area is 230 Å². The topological polar surface area (TPSA) is 109 Å². The Balaban J connectivity index is 1.41. The third-order valence-corrected chi connectivity index (χ3v) is 7.14. The van der Waals surface area contributed by atoms with E-state index in [1.54, 1.807) is 21.3 Å². The zero-order chi connectivity index (χ0) is 27.5. The number of fused-ring (bicyclic) bond motifs is 1. The Morgan fingerprint density at radius 2 is 1.79 bits per heavy atom. The van der Waals surface area contributed by atoms with Gasteiger partial charge in [0.05, 0.1) is 38.8 Å². The molecule has 0 aliphatic rings. The molecule has 200 valence electrons. The number of rotatable bonds is 9. The first-order valence-corrected chi connectivity index (χ1v) is 13.1. The van der Waals surface area contributed by atoms with Gasteiger partial charge in [-0.3, -0.25) is 4.79 Å². The molecule has 1 amide bonds. The van der Waals surface area contributed by atoms with Crippen LogP contribution in [0.1, 0.15) is 11.3 Å². The Morgan fingerprint density at radius 1 is 1.00 bits per heavy atom. The highest BCUT2D eigenvalue weighted by Gasteiger charge is 2.20. The molecule has 0 aliphatic heterocycles. The van der Waals surface area contributed by atoms with E-state index >= 15 is 0 Å². The van der Waals surface area contributed by atoms with E-state index in [2.05, 4.69) is 9.69 Å². The van der Waals surface area contributed by atoms with Crippen molar-refractivity contribution in [2.24, 2.45) is 5.73 Å². The van der Waals surface area contributed by atoms with Crippen molar-refractivity contribution in [2.75, 3.05) is 26.6 Å². The maximum atomic E-state index is 13.1. The molecular weight excluding hydrogens is 514 g/mol. The van der Waals surface area contributed by atoms with Crippen LogP contribution in [0.25, 0.3) is 33.4 Å². The Bertz CT molecular complexity index is 1610. The highest BCUT2D eigenvalue weighted by molar-refractivity contribution is 7.04. The summed E-state index contributed by atoms with van der Waals surface area (Å²) in [5.41, 5.74) is 12.0. The minimum atomic E-state index is -0.813. The molecule has 0 spiro atoms. The number of nitrogens with two attached hydrogens (primary N) is 1. The number of anilines is 1. The zero-order valence-electron chi connectivity index (χ0n) is 22.1. The van der Waals surface area contributed by atoms with Gasteiger partial charge in [0.2, 0.25) is 5.91 Å². The number of hydrogen-bond acceptors (Lipinski definition) is 8. The smallest absolute Gasteiger partial charge is 0.241 e. The van der Waals surface area contributed by atoms with Crippen molar-refractivity contribution in [3.8, 4) is 39.6 Å². The van der Waals surface area contributed by atoms with Crippen LogP contribution in [-0.2, 0) is 11.2 Å². The largest absolute Gasteiger partial charge is 0.495 e. The maximum Gasteiger partial charge on any atom is 0.241 e. The number of methoxy groups -OCH3 is 3. The van der Waals surface area contributed by atoms with Crippen molar-refractivity contribution >= 4 is 34.1 Å². The number of amides is 1. The summed E-state index contributed by atoms with van der Waals surface area (Å²) in [7, 11) is 4.79. The molecule has 0 saturated heterocycles. The fraction of sp³-hybridized carbons (Fsp3) is 0.200. The normalized spacial score (nSPS) is 11.8. The molecule has 5 rings (SSSR count). The second kappa shape index (κ2) is 11.2. The average molecular weight is 544 g/mol. The molecule has 1 atom stereocenters. The second-order valence-electron chi connectivity index (χ2n) is 9.07. The van der Waals surface area contributed by atoms with Crippen molar-refractivity contribution < 1.29 is 23.4 Å². The zero-order valence-corrected chi connectivity index (χ0v) is 22.9. The average Bonchev–Trinajstić information content (AvgIpc) is 3.59. The third-order valence-electron chi connectivity index (χ3n) is 6.51. The van der Waals surface area contributed by atoms with E-state index in [9.17, 15) is 4.79 Å². The summed E-state index contributed by atoms with van der Waals surface area (Å²) in [4.78, 5) is 13.1. The maximum absolute atomic E-state index is 13.1. The summed E-state index contributed by atoms with van der Waals surface area (Å²) < 4.78 is 27.1. The number of benzene rings is 3. The van der Waals surface area contributed by atoms with Gasteiger partial charge in [-0.15, -0.1) is 0 Å². The molecular formula is C30H29N3O5S. The van der Waals surface area contributed by atoms with Gasteiger partial charge in [0, 0.05) is 28.3 Å². The Hall–Kier alpha value is -4.34. The first kappa shape index (κ1) is 26.3. The molecule has 0 unspecified atom stereocenters. The predicted molar refractivity (Wildman–Crippen MR) is 154 cm³/mol. The highest BCUT2D eigenvalue weighted by atomic mass is 32.1. The van der Waals surface area contributed by atoms with Gasteiger partial charge in [-0.2, -0.15) is 4.37 Å². The van der Waals surface area contributed by atoms with Crippen molar-refractivity contribution in [1.29, 1.82) is 0 Å². The van der Waals surface area contributed by atoms with E-state index in [0.717, 1.165) is 38.9 Å². The molecule has 2 aromatic heterocycles. The lowest BCUT2D eigenvalue weighted by Crippen LogP contribution is -2.37. The van der Waals surface area contributed by atoms with Crippen LogP contribution in [0.3, 0.4) is 0 Å². The predicted octanol–water partition coefficient (Wildman–Crippen LogP) is 6.07. The Kier molecular flexibility index (Phi) is 7.53. The fourth-order valence-corrected chi connectivity index (χ4v) is 5.30. The second-order valence-corrected chi connectivity index (χ2v) is 9.70. The minimum Gasteiger partial charge on any atom is -0.495 e. The number of furan rings is 1. The van der Waals surface area contributed by atoms with Crippen LogP contribution in [-0.4, -0.2) is 37.7 Å². The third kappa shape index (κ3) is 5.32. The molecule has 0 saturated carbocycles. The van der Waals surface area contributed by atoms with Crippen LogP contribution >= 0.6 is 11.5 Å². The number of carbonyl (C=O) groups is 1. The highest BCUT2D eigenvalue weighted by Crippen LogP contribution is 2.41. The van der Waals surface area contributed by atoms with Crippen LogP contribution in [0, 0.1) is 6.92 Å². The molecule has 3 aromatic carbocycles. The molecule has 0 fully saturated rings. The van der Waals surface area contributed by atoms with Crippen molar-refractivity contribution in [3.63, 3.8) is 0 Å². The molecule has 0 bridgehead atoms. The summed E-state index contributed by atoms with van der Waals surface area (Å²) in [5, 5.41) is 5.88. The number of aromatic nitrogens is 1. The van der Waals surface area contributed by atoms with Gasteiger partial charge in [0.15, 0.2) is 11.5 Å².